The first-order valence-corrected chi connectivity index (χ1v) is 4.92. The van der Waals surface area contributed by atoms with Crippen LogP contribution in [0.5, 0.6) is 0 Å². The Bertz CT molecular complexity index is 299. The van der Waals surface area contributed by atoms with Crippen molar-refractivity contribution < 1.29 is 14.7 Å². The average molecular weight is 212 g/mol. The van der Waals surface area contributed by atoms with Crippen molar-refractivity contribution >= 4 is 11.9 Å². The molecule has 0 aromatic rings. The van der Waals surface area contributed by atoms with Crippen molar-refractivity contribution in [3.63, 3.8) is 0 Å². The minimum atomic E-state index is -1.04. The van der Waals surface area contributed by atoms with Crippen molar-refractivity contribution in [3.05, 3.63) is 11.6 Å². The van der Waals surface area contributed by atoms with Gasteiger partial charge in [-0.2, -0.15) is 0 Å². The highest BCUT2D eigenvalue weighted by Crippen LogP contribution is 2.10. The summed E-state index contributed by atoms with van der Waals surface area (Å²) in [7, 11) is 0. The fourth-order valence-corrected chi connectivity index (χ4v) is 1.48. The summed E-state index contributed by atoms with van der Waals surface area (Å²) in [4.78, 5) is 23.6. The van der Waals surface area contributed by atoms with E-state index in [0.717, 1.165) is 6.42 Å². The number of aliphatic carboxylic acids is 1. The Kier molecular flexibility index (Phi) is 3.85. The van der Waals surface area contributed by atoms with Gasteiger partial charge in [-0.3, -0.25) is 9.59 Å². The number of nitrogens with zero attached hydrogens (tertiary/aromatic N) is 1. The summed E-state index contributed by atoms with van der Waals surface area (Å²) in [5.41, 5.74) is 6.75. The molecule has 3 N–H and O–H groups in total. The van der Waals surface area contributed by atoms with E-state index in [1.165, 1.54) is 5.57 Å². The smallest absolute Gasteiger partial charge is 0.305 e. The Balaban J connectivity index is 2.50. The van der Waals surface area contributed by atoms with Gasteiger partial charge in [0.15, 0.2) is 0 Å². The third-order valence-electron chi connectivity index (χ3n) is 2.46. The first-order chi connectivity index (χ1) is 7.00. The van der Waals surface area contributed by atoms with E-state index in [9.17, 15) is 9.59 Å². The van der Waals surface area contributed by atoms with E-state index in [2.05, 4.69) is 0 Å². The van der Waals surface area contributed by atoms with Crippen LogP contribution in [-0.4, -0.2) is 41.0 Å². The topological polar surface area (TPSA) is 83.6 Å². The monoisotopic (exact) mass is 212 g/mol. The Morgan fingerprint density at radius 2 is 2.33 bits per heavy atom. The summed E-state index contributed by atoms with van der Waals surface area (Å²) in [6.07, 6.45) is 2.50. The van der Waals surface area contributed by atoms with Crippen LogP contribution < -0.4 is 5.73 Å². The number of carbonyl (C=O) groups is 2. The van der Waals surface area contributed by atoms with Gasteiger partial charge in [-0.05, 0) is 13.3 Å². The lowest BCUT2D eigenvalue weighted by molar-refractivity contribution is -0.141. The van der Waals surface area contributed by atoms with Crippen LogP contribution in [0.15, 0.2) is 11.6 Å². The second-order valence-corrected chi connectivity index (χ2v) is 3.79. The Morgan fingerprint density at radius 1 is 1.67 bits per heavy atom. The van der Waals surface area contributed by atoms with Crippen LogP contribution in [0.4, 0.5) is 0 Å². The molecule has 1 rings (SSSR count). The lowest BCUT2D eigenvalue weighted by Crippen LogP contribution is -2.46. The summed E-state index contributed by atoms with van der Waals surface area (Å²) in [5, 5.41) is 8.51. The van der Waals surface area contributed by atoms with Crippen molar-refractivity contribution in [2.45, 2.75) is 25.8 Å². The summed E-state index contributed by atoms with van der Waals surface area (Å²) < 4.78 is 0. The summed E-state index contributed by atoms with van der Waals surface area (Å²) >= 11 is 0. The van der Waals surface area contributed by atoms with E-state index in [-0.39, 0.29) is 12.3 Å². The van der Waals surface area contributed by atoms with Crippen molar-refractivity contribution in [3.8, 4) is 0 Å². The van der Waals surface area contributed by atoms with Crippen molar-refractivity contribution in [1.82, 2.24) is 4.90 Å². The molecule has 0 radical (unpaired) electrons. The molecule has 0 saturated heterocycles. The molecule has 0 bridgehead atoms. The standard InChI is InChI=1S/C10H16N2O3/c1-7-2-4-12(5-3-7)10(15)8(11)6-9(13)14/h2,8H,3-6,11H2,1H3,(H,13,14). The second kappa shape index (κ2) is 4.93. The van der Waals surface area contributed by atoms with E-state index >= 15 is 0 Å². The van der Waals surface area contributed by atoms with Crippen molar-refractivity contribution in [2.24, 2.45) is 5.73 Å². The van der Waals surface area contributed by atoms with Gasteiger partial charge in [-0.15, -0.1) is 0 Å². The molecule has 0 aromatic carbocycles. The number of amides is 1. The summed E-state index contributed by atoms with van der Waals surface area (Å²) in [5.74, 6) is -1.32. The fourth-order valence-electron chi connectivity index (χ4n) is 1.48. The maximum atomic E-state index is 11.6. The maximum Gasteiger partial charge on any atom is 0.305 e. The molecule has 1 atom stereocenters. The molecule has 1 amide bonds. The highest BCUT2D eigenvalue weighted by molar-refractivity contribution is 5.86. The molecule has 5 nitrogen and oxygen atoms in total. The van der Waals surface area contributed by atoms with Gasteiger partial charge in [-0.1, -0.05) is 11.6 Å². The SMILES string of the molecule is CC1=CCN(C(=O)C(N)CC(=O)O)CC1. The molecule has 84 valence electrons. The first kappa shape index (κ1) is 11.7. The van der Waals surface area contributed by atoms with Gasteiger partial charge in [-0.25, -0.2) is 0 Å². The predicted molar refractivity (Wildman–Crippen MR) is 55.2 cm³/mol. The molecule has 5 heteroatoms. The molecular formula is C10H16N2O3. The number of hydrogen-bond acceptors (Lipinski definition) is 3. The summed E-state index contributed by atoms with van der Waals surface area (Å²) in [6, 6.07) is -0.922. The van der Waals surface area contributed by atoms with E-state index in [1.54, 1.807) is 4.90 Å². The maximum absolute atomic E-state index is 11.6. The van der Waals surface area contributed by atoms with Gasteiger partial charge in [0.2, 0.25) is 5.91 Å². The molecule has 1 heterocycles. The quantitative estimate of drug-likeness (QED) is 0.643. The minimum absolute atomic E-state index is 0.277. The van der Waals surface area contributed by atoms with Crippen LogP contribution in [0.1, 0.15) is 19.8 Å². The third kappa shape index (κ3) is 3.36. The molecule has 0 spiro atoms. The van der Waals surface area contributed by atoms with Gasteiger partial charge >= 0.3 is 5.97 Å². The highest BCUT2D eigenvalue weighted by atomic mass is 16.4. The summed E-state index contributed by atoms with van der Waals surface area (Å²) in [6.45, 7) is 3.19. The van der Waals surface area contributed by atoms with Crippen LogP contribution >= 0.6 is 0 Å². The van der Waals surface area contributed by atoms with Gasteiger partial charge < -0.3 is 15.7 Å². The van der Waals surface area contributed by atoms with Gasteiger partial charge in [0.1, 0.15) is 0 Å². The van der Waals surface area contributed by atoms with E-state index in [4.69, 9.17) is 10.8 Å². The van der Waals surface area contributed by atoms with Crippen LogP contribution in [0.3, 0.4) is 0 Å². The van der Waals surface area contributed by atoms with Crippen molar-refractivity contribution in [1.29, 1.82) is 0 Å². The lowest BCUT2D eigenvalue weighted by Gasteiger charge is -2.27. The average Bonchev–Trinajstić information content (AvgIpc) is 2.17. The zero-order valence-corrected chi connectivity index (χ0v) is 8.77. The molecule has 1 unspecified atom stereocenters. The molecule has 1 aliphatic rings. The molecule has 0 saturated carbocycles. The number of nitrogens with two attached hydrogens (primary N) is 1. The lowest BCUT2D eigenvalue weighted by atomic mass is 10.1. The molecular weight excluding hydrogens is 196 g/mol. The van der Waals surface area contributed by atoms with Crippen LogP contribution in [-0.2, 0) is 9.59 Å². The zero-order valence-electron chi connectivity index (χ0n) is 8.77. The Labute approximate surface area is 88.5 Å². The molecule has 0 aromatic heterocycles. The van der Waals surface area contributed by atoms with Gasteiger partial charge in [0, 0.05) is 13.1 Å². The first-order valence-electron chi connectivity index (χ1n) is 4.92. The molecule has 1 aliphatic heterocycles. The number of rotatable bonds is 3. The van der Waals surface area contributed by atoms with Gasteiger partial charge in [0.05, 0.1) is 12.5 Å². The van der Waals surface area contributed by atoms with E-state index in [0.29, 0.717) is 13.1 Å². The second-order valence-electron chi connectivity index (χ2n) is 3.79. The third-order valence-corrected chi connectivity index (χ3v) is 2.46. The van der Waals surface area contributed by atoms with Crippen LogP contribution in [0.2, 0.25) is 0 Å². The van der Waals surface area contributed by atoms with Crippen molar-refractivity contribution in [2.75, 3.05) is 13.1 Å². The molecule has 15 heavy (non-hydrogen) atoms. The van der Waals surface area contributed by atoms with Crippen LogP contribution in [0.25, 0.3) is 0 Å². The van der Waals surface area contributed by atoms with Crippen LogP contribution in [0, 0.1) is 0 Å². The number of carboxylic acids is 1. The number of carboxylic acid groups (broad SMARTS) is 1. The normalized spacial score (nSPS) is 18.3. The van der Waals surface area contributed by atoms with E-state index in [1.807, 2.05) is 13.0 Å². The Morgan fingerprint density at radius 3 is 2.80 bits per heavy atom. The predicted octanol–water partition coefficient (Wildman–Crippen LogP) is -0.0330. The molecule has 0 aliphatic carbocycles. The zero-order chi connectivity index (χ0) is 11.4. The highest BCUT2D eigenvalue weighted by Gasteiger charge is 2.23. The number of carbonyl (C=O) groups excluding carboxylic acids is 1. The van der Waals surface area contributed by atoms with Gasteiger partial charge in [0.25, 0.3) is 0 Å². The van der Waals surface area contributed by atoms with E-state index < -0.39 is 12.0 Å². The largest absolute Gasteiger partial charge is 0.481 e. The fraction of sp³-hybridized carbons (Fsp3) is 0.600. The Hall–Kier alpha value is -1.36. The minimum Gasteiger partial charge on any atom is -0.481 e. The molecule has 0 fully saturated rings. The number of hydrogen-bond donors (Lipinski definition) is 2.